The number of rotatable bonds is 6. The molecule has 1 aromatic rings. The minimum absolute atomic E-state index is 0.0508. The maximum atomic E-state index is 13.5. The van der Waals surface area contributed by atoms with Gasteiger partial charge >= 0.3 is 0 Å². The maximum Gasteiger partial charge on any atom is 0.254 e. The maximum absolute atomic E-state index is 13.5. The highest BCUT2D eigenvalue weighted by Gasteiger charge is 2.25. The van der Waals surface area contributed by atoms with Crippen molar-refractivity contribution in [2.24, 2.45) is 11.7 Å². The summed E-state index contributed by atoms with van der Waals surface area (Å²) >= 11 is 0. The summed E-state index contributed by atoms with van der Waals surface area (Å²) in [6, 6.07) is 2.74. The Morgan fingerprint density at radius 3 is 2.48 bits per heavy atom. The summed E-state index contributed by atoms with van der Waals surface area (Å²) in [5.74, 6) is -2.88. The molecule has 1 heterocycles. The van der Waals surface area contributed by atoms with Crippen LogP contribution in [0, 0.1) is 17.6 Å². The number of carbonyl (C=O) groups excluding carboxylic acids is 3. The topological polar surface area (TPSA) is 92.5 Å². The first-order chi connectivity index (χ1) is 11.9. The Bertz CT molecular complexity index is 659. The number of benzene rings is 1. The monoisotopic (exact) mass is 353 g/mol. The van der Waals surface area contributed by atoms with E-state index < -0.39 is 17.5 Å². The second-order valence-electron chi connectivity index (χ2n) is 6.04. The molecule has 0 unspecified atom stereocenters. The van der Waals surface area contributed by atoms with E-state index in [0.29, 0.717) is 38.4 Å². The highest BCUT2D eigenvalue weighted by Crippen LogP contribution is 2.17. The van der Waals surface area contributed by atoms with E-state index in [1.165, 1.54) is 0 Å². The average Bonchev–Trinajstić information content (AvgIpc) is 2.58. The molecule has 0 saturated carbocycles. The third-order valence-electron chi connectivity index (χ3n) is 4.28. The lowest BCUT2D eigenvalue weighted by atomic mass is 9.96. The molecule has 6 nitrogen and oxygen atoms in total. The van der Waals surface area contributed by atoms with E-state index in [1.54, 1.807) is 4.90 Å². The molecule has 2 rings (SSSR count). The first-order valence-corrected chi connectivity index (χ1v) is 8.19. The van der Waals surface area contributed by atoms with Crippen LogP contribution in [0.1, 0.15) is 36.0 Å². The highest BCUT2D eigenvalue weighted by atomic mass is 19.1. The number of nitrogens with one attached hydrogen (secondary N) is 1. The number of piperidine rings is 1. The van der Waals surface area contributed by atoms with Crippen molar-refractivity contribution in [1.29, 1.82) is 0 Å². The van der Waals surface area contributed by atoms with Crippen LogP contribution in [0.4, 0.5) is 8.78 Å². The number of carbonyl (C=O) groups is 3. The average molecular weight is 353 g/mol. The van der Waals surface area contributed by atoms with Crippen molar-refractivity contribution in [2.75, 3.05) is 19.6 Å². The largest absolute Gasteiger partial charge is 0.369 e. The van der Waals surface area contributed by atoms with Gasteiger partial charge in [-0.15, -0.1) is 0 Å². The number of likely N-dealkylation sites (tertiary alicyclic amines) is 1. The molecule has 3 amide bonds. The van der Waals surface area contributed by atoms with Crippen LogP contribution in [0.3, 0.4) is 0 Å². The lowest BCUT2D eigenvalue weighted by Crippen LogP contribution is -2.41. The van der Waals surface area contributed by atoms with E-state index in [2.05, 4.69) is 5.32 Å². The lowest BCUT2D eigenvalue weighted by Gasteiger charge is -2.30. The van der Waals surface area contributed by atoms with Crippen LogP contribution in [0.5, 0.6) is 0 Å². The molecule has 0 radical (unpaired) electrons. The smallest absolute Gasteiger partial charge is 0.254 e. The molecular formula is C17H21F2N3O3. The van der Waals surface area contributed by atoms with Crippen LogP contribution in [-0.2, 0) is 9.59 Å². The van der Waals surface area contributed by atoms with Gasteiger partial charge in [-0.1, -0.05) is 0 Å². The third-order valence-corrected chi connectivity index (χ3v) is 4.28. The number of halogens is 2. The summed E-state index contributed by atoms with van der Waals surface area (Å²) in [5.41, 5.74) is 5.02. The molecule has 3 N–H and O–H groups in total. The Morgan fingerprint density at radius 2 is 1.88 bits per heavy atom. The predicted octanol–water partition coefficient (Wildman–Crippen LogP) is 1.20. The normalized spacial score (nSPS) is 15.0. The predicted molar refractivity (Wildman–Crippen MR) is 86.4 cm³/mol. The van der Waals surface area contributed by atoms with E-state index in [-0.39, 0.29) is 36.3 Å². The fourth-order valence-electron chi connectivity index (χ4n) is 2.78. The molecule has 1 fully saturated rings. The van der Waals surface area contributed by atoms with Gasteiger partial charge in [0.1, 0.15) is 11.6 Å². The number of amides is 3. The summed E-state index contributed by atoms with van der Waals surface area (Å²) in [6.45, 7) is 1.21. The van der Waals surface area contributed by atoms with Gasteiger partial charge < -0.3 is 16.0 Å². The van der Waals surface area contributed by atoms with Crippen molar-refractivity contribution in [1.82, 2.24) is 10.2 Å². The van der Waals surface area contributed by atoms with Gasteiger partial charge in [0.25, 0.3) is 5.91 Å². The van der Waals surface area contributed by atoms with Crippen molar-refractivity contribution in [3.63, 3.8) is 0 Å². The zero-order chi connectivity index (χ0) is 18.4. The van der Waals surface area contributed by atoms with Gasteiger partial charge in [0, 0.05) is 38.0 Å². The van der Waals surface area contributed by atoms with Crippen LogP contribution in [0.25, 0.3) is 0 Å². The molecule has 8 heteroatoms. The fraction of sp³-hybridized carbons (Fsp3) is 0.471. The van der Waals surface area contributed by atoms with Gasteiger partial charge in [-0.3, -0.25) is 14.4 Å². The van der Waals surface area contributed by atoms with E-state index in [0.717, 1.165) is 12.1 Å². The summed E-state index contributed by atoms with van der Waals surface area (Å²) in [4.78, 5) is 36.7. The van der Waals surface area contributed by atoms with E-state index >= 15 is 0 Å². The SMILES string of the molecule is NC(=O)C1CCN(C(=O)CCCNC(=O)c2ccc(F)cc2F)CC1. The van der Waals surface area contributed by atoms with Gasteiger partial charge in [0.15, 0.2) is 0 Å². The molecule has 25 heavy (non-hydrogen) atoms. The van der Waals surface area contributed by atoms with Crippen molar-refractivity contribution in [3.8, 4) is 0 Å². The second-order valence-corrected chi connectivity index (χ2v) is 6.04. The van der Waals surface area contributed by atoms with Crippen molar-refractivity contribution < 1.29 is 23.2 Å². The molecule has 0 atom stereocenters. The van der Waals surface area contributed by atoms with Gasteiger partial charge in [0.05, 0.1) is 5.56 Å². The van der Waals surface area contributed by atoms with Crippen LogP contribution in [0.15, 0.2) is 18.2 Å². The van der Waals surface area contributed by atoms with Gasteiger partial charge in [0.2, 0.25) is 11.8 Å². The Kier molecular flexibility index (Phi) is 6.44. The summed E-state index contributed by atoms with van der Waals surface area (Å²) < 4.78 is 26.3. The summed E-state index contributed by atoms with van der Waals surface area (Å²) in [7, 11) is 0. The summed E-state index contributed by atoms with van der Waals surface area (Å²) in [5, 5.41) is 2.51. The van der Waals surface area contributed by atoms with Gasteiger partial charge in [-0.25, -0.2) is 8.78 Å². The zero-order valence-electron chi connectivity index (χ0n) is 13.8. The van der Waals surface area contributed by atoms with Gasteiger partial charge in [-0.05, 0) is 31.4 Å². The molecular weight excluding hydrogens is 332 g/mol. The quantitative estimate of drug-likeness (QED) is 0.753. The zero-order valence-corrected chi connectivity index (χ0v) is 13.8. The highest BCUT2D eigenvalue weighted by molar-refractivity contribution is 5.94. The van der Waals surface area contributed by atoms with Gasteiger partial charge in [-0.2, -0.15) is 0 Å². The number of hydrogen-bond donors (Lipinski definition) is 2. The first kappa shape index (κ1) is 18.8. The molecule has 0 spiro atoms. The van der Waals surface area contributed by atoms with Crippen molar-refractivity contribution >= 4 is 17.7 Å². The van der Waals surface area contributed by atoms with E-state index in [4.69, 9.17) is 5.73 Å². The van der Waals surface area contributed by atoms with Crippen molar-refractivity contribution in [3.05, 3.63) is 35.4 Å². The lowest BCUT2D eigenvalue weighted by molar-refractivity contribution is -0.134. The minimum atomic E-state index is -0.925. The summed E-state index contributed by atoms with van der Waals surface area (Å²) in [6.07, 6.45) is 1.79. The molecule has 1 aromatic carbocycles. The van der Waals surface area contributed by atoms with Crippen LogP contribution < -0.4 is 11.1 Å². The molecule has 0 aliphatic carbocycles. The van der Waals surface area contributed by atoms with Crippen LogP contribution in [-0.4, -0.2) is 42.3 Å². The molecule has 1 aliphatic heterocycles. The molecule has 0 aromatic heterocycles. The molecule has 1 saturated heterocycles. The number of nitrogens with two attached hydrogens (primary N) is 1. The molecule has 1 aliphatic rings. The number of hydrogen-bond acceptors (Lipinski definition) is 3. The first-order valence-electron chi connectivity index (χ1n) is 8.19. The number of primary amides is 1. The Balaban J connectivity index is 1.69. The van der Waals surface area contributed by atoms with Crippen LogP contribution >= 0.6 is 0 Å². The van der Waals surface area contributed by atoms with E-state index in [1.807, 2.05) is 0 Å². The Labute approximate surface area is 144 Å². The standard InChI is InChI=1S/C17H21F2N3O3/c18-12-3-4-13(14(19)10-12)17(25)21-7-1-2-15(23)22-8-5-11(6-9-22)16(20)24/h3-4,10-11H,1-2,5-9H2,(H2,20,24)(H,21,25). The van der Waals surface area contributed by atoms with Crippen LogP contribution in [0.2, 0.25) is 0 Å². The Hall–Kier alpha value is -2.51. The molecule has 0 bridgehead atoms. The number of nitrogens with zero attached hydrogens (tertiary/aromatic N) is 1. The fourth-order valence-corrected chi connectivity index (χ4v) is 2.78. The van der Waals surface area contributed by atoms with E-state index in [9.17, 15) is 23.2 Å². The molecule has 136 valence electrons. The Morgan fingerprint density at radius 1 is 1.20 bits per heavy atom. The minimum Gasteiger partial charge on any atom is -0.369 e. The third kappa shape index (κ3) is 5.23. The van der Waals surface area contributed by atoms with Crippen molar-refractivity contribution in [2.45, 2.75) is 25.7 Å². The second kappa shape index (κ2) is 8.55.